The fourth-order valence-electron chi connectivity index (χ4n) is 4.21. The molecule has 0 atom stereocenters. The lowest BCUT2D eigenvalue weighted by Gasteiger charge is -2.29. The molecule has 1 N–H and O–H groups in total. The Morgan fingerprint density at radius 2 is 1.84 bits per heavy atom. The number of hydrogen-bond acceptors (Lipinski definition) is 4. The first kappa shape index (κ1) is 22.0. The fourth-order valence-corrected chi connectivity index (χ4v) is 4.21. The normalized spacial score (nSPS) is 13.9. The molecule has 4 rings (SSSR count). The van der Waals surface area contributed by atoms with Crippen molar-refractivity contribution in [2.45, 2.75) is 26.9 Å². The number of rotatable bonds is 6. The van der Waals surface area contributed by atoms with Gasteiger partial charge >= 0.3 is 0 Å². The van der Waals surface area contributed by atoms with E-state index in [0.717, 1.165) is 28.6 Å². The van der Waals surface area contributed by atoms with E-state index >= 15 is 0 Å². The maximum atomic E-state index is 14.4. The number of hydrogen-bond donors (Lipinski definition) is 1. The number of amides is 1. The first-order valence-electron chi connectivity index (χ1n) is 10.6. The zero-order chi connectivity index (χ0) is 22.7. The molecule has 0 aliphatic carbocycles. The van der Waals surface area contributed by atoms with Crippen LogP contribution in [0.3, 0.4) is 0 Å². The summed E-state index contributed by atoms with van der Waals surface area (Å²) in [5.74, 6) is -1.51. The number of ether oxygens (including phenoxy) is 1. The van der Waals surface area contributed by atoms with Crippen molar-refractivity contribution in [3.63, 3.8) is 0 Å². The molecule has 1 aliphatic rings. The van der Waals surface area contributed by atoms with Crippen molar-refractivity contribution in [2.75, 3.05) is 31.2 Å². The van der Waals surface area contributed by atoms with Crippen LogP contribution in [0.15, 0.2) is 42.7 Å². The molecule has 0 radical (unpaired) electrons. The van der Waals surface area contributed by atoms with Crippen molar-refractivity contribution in [3.05, 3.63) is 82.4 Å². The van der Waals surface area contributed by atoms with Crippen LogP contribution in [0.2, 0.25) is 0 Å². The third-order valence-electron chi connectivity index (χ3n) is 5.82. The number of carbonyl (C=O) groups is 1. The highest BCUT2D eigenvalue weighted by Gasteiger charge is 2.27. The van der Waals surface area contributed by atoms with Gasteiger partial charge in [0.25, 0.3) is 5.91 Å². The average Bonchev–Trinajstić information content (AvgIpc) is 3.04. The number of benzene rings is 1. The molecule has 1 amide bonds. The minimum absolute atomic E-state index is 0.126. The lowest BCUT2D eigenvalue weighted by molar-refractivity contribution is 0.0941. The lowest BCUT2D eigenvalue weighted by atomic mass is 10.1. The van der Waals surface area contributed by atoms with Crippen LogP contribution in [0.5, 0.6) is 0 Å². The molecule has 0 bridgehead atoms. The van der Waals surface area contributed by atoms with Crippen LogP contribution in [0, 0.1) is 25.5 Å². The topological polar surface area (TPSA) is 59.4 Å². The summed E-state index contributed by atoms with van der Waals surface area (Å²) in [5.41, 5.74) is 4.38. The van der Waals surface area contributed by atoms with E-state index in [9.17, 15) is 13.6 Å². The highest BCUT2D eigenvalue weighted by molar-refractivity contribution is 5.96. The Morgan fingerprint density at radius 3 is 2.53 bits per heavy atom. The fraction of sp³-hybridized carbons (Fsp3) is 0.333. The van der Waals surface area contributed by atoms with Crippen molar-refractivity contribution in [1.82, 2.24) is 14.9 Å². The molecule has 2 aromatic heterocycles. The molecule has 3 aromatic rings. The minimum Gasteiger partial charge on any atom is -0.378 e. The second kappa shape index (κ2) is 9.48. The summed E-state index contributed by atoms with van der Waals surface area (Å²) in [6.07, 6.45) is 3.35. The second-order valence-electron chi connectivity index (χ2n) is 7.87. The van der Waals surface area contributed by atoms with Gasteiger partial charge in [-0.3, -0.25) is 9.78 Å². The number of halogens is 2. The second-order valence-corrected chi connectivity index (χ2v) is 7.87. The zero-order valence-corrected chi connectivity index (χ0v) is 18.2. The molecule has 1 saturated heterocycles. The van der Waals surface area contributed by atoms with E-state index in [0.29, 0.717) is 44.1 Å². The quantitative estimate of drug-likeness (QED) is 0.637. The molecule has 32 heavy (non-hydrogen) atoms. The van der Waals surface area contributed by atoms with E-state index in [1.54, 1.807) is 12.4 Å². The third-order valence-corrected chi connectivity index (χ3v) is 5.82. The summed E-state index contributed by atoms with van der Waals surface area (Å²) in [6, 6.07) is 7.20. The molecule has 0 saturated carbocycles. The molecule has 168 valence electrons. The SMILES string of the molecule is Cc1c(N2CCOCC2)c(C)n(Cc2ccc(F)cc2F)c1C(=O)NCc1ccncc1. The van der Waals surface area contributed by atoms with E-state index in [1.807, 2.05) is 30.5 Å². The summed E-state index contributed by atoms with van der Waals surface area (Å²) < 4.78 is 35.2. The van der Waals surface area contributed by atoms with E-state index in [1.165, 1.54) is 12.1 Å². The van der Waals surface area contributed by atoms with Crippen molar-refractivity contribution in [3.8, 4) is 0 Å². The molecule has 1 aromatic carbocycles. The van der Waals surface area contributed by atoms with Gasteiger partial charge in [-0.05, 0) is 37.6 Å². The molecule has 1 aliphatic heterocycles. The van der Waals surface area contributed by atoms with Crippen LogP contribution in [0.4, 0.5) is 14.5 Å². The smallest absolute Gasteiger partial charge is 0.268 e. The van der Waals surface area contributed by atoms with Gasteiger partial charge in [0.15, 0.2) is 0 Å². The van der Waals surface area contributed by atoms with E-state index in [-0.39, 0.29) is 12.5 Å². The van der Waals surface area contributed by atoms with Crippen molar-refractivity contribution in [1.29, 1.82) is 0 Å². The highest BCUT2D eigenvalue weighted by Crippen LogP contribution is 2.32. The third kappa shape index (κ3) is 4.50. The number of aromatic nitrogens is 2. The predicted molar refractivity (Wildman–Crippen MR) is 118 cm³/mol. The largest absolute Gasteiger partial charge is 0.378 e. The Labute approximate surface area is 185 Å². The predicted octanol–water partition coefficient (Wildman–Crippen LogP) is 3.59. The highest BCUT2D eigenvalue weighted by atomic mass is 19.1. The van der Waals surface area contributed by atoms with Gasteiger partial charge in [-0.1, -0.05) is 6.07 Å². The van der Waals surface area contributed by atoms with Gasteiger partial charge in [0, 0.05) is 54.9 Å². The summed E-state index contributed by atoms with van der Waals surface area (Å²) in [6.45, 7) is 6.98. The molecule has 8 heteroatoms. The number of anilines is 1. The Balaban J connectivity index is 1.71. The standard InChI is InChI=1S/C24H26F2N4O2/c1-16-22(29-9-11-32-12-10-29)17(2)30(15-19-3-4-20(25)13-21(19)26)23(16)24(31)28-14-18-5-7-27-8-6-18/h3-8,13H,9-12,14-15H2,1-2H3,(H,28,31). The number of morpholine rings is 1. The van der Waals surface area contributed by atoms with E-state index in [2.05, 4.69) is 15.2 Å². The van der Waals surface area contributed by atoms with Gasteiger partial charge < -0.3 is 19.5 Å². The number of pyridine rings is 1. The molecule has 1 fully saturated rings. The maximum Gasteiger partial charge on any atom is 0.268 e. The average molecular weight is 440 g/mol. The van der Waals surface area contributed by atoms with Crippen molar-refractivity contribution in [2.24, 2.45) is 0 Å². The van der Waals surface area contributed by atoms with Gasteiger partial charge in [-0.15, -0.1) is 0 Å². The van der Waals surface area contributed by atoms with Gasteiger partial charge in [-0.25, -0.2) is 8.78 Å². The van der Waals surface area contributed by atoms with Crippen LogP contribution in [-0.2, 0) is 17.8 Å². The molecule has 6 nitrogen and oxygen atoms in total. The van der Waals surface area contributed by atoms with Gasteiger partial charge in [0.2, 0.25) is 0 Å². The van der Waals surface area contributed by atoms with Crippen LogP contribution in [-0.4, -0.2) is 41.8 Å². The van der Waals surface area contributed by atoms with Crippen LogP contribution in [0.1, 0.15) is 32.9 Å². The molecular formula is C24H26F2N4O2. The van der Waals surface area contributed by atoms with Crippen molar-refractivity contribution >= 4 is 11.6 Å². The Bertz CT molecular complexity index is 1110. The number of nitrogens with one attached hydrogen (secondary N) is 1. The Morgan fingerprint density at radius 1 is 1.12 bits per heavy atom. The van der Waals surface area contributed by atoms with Crippen LogP contribution in [0.25, 0.3) is 0 Å². The molecule has 0 unspecified atom stereocenters. The summed E-state index contributed by atoms with van der Waals surface area (Å²) >= 11 is 0. The van der Waals surface area contributed by atoms with Crippen molar-refractivity contribution < 1.29 is 18.3 Å². The first-order chi connectivity index (χ1) is 15.5. The maximum absolute atomic E-state index is 14.4. The first-order valence-corrected chi connectivity index (χ1v) is 10.6. The Kier molecular flexibility index (Phi) is 6.50. The van der Waals surface area contributed by atoms with E-state index < -0.39 is 11.6 Å². The van der Waals surface area contributed by atoms with Crippen LogP contribution >= 0.6 is 0 Å². The van der Waals surface area contributed by atoms with E-state index in [4.69, 9.17) is 4.74 Å². The number of nitrogens with zero attached hydrogens (tertiary/aromatic N) is 3. The van der Waals surface area contributed by atoms with Gasteiger partial charge in [0.1, 0.15) is 17.3 Å². The zero-order valence-electron chi connectivity index (χ0n) is 18.2. The molecule has 3 heterocycles. The summed E-state index contributed by atoms with van der Waals surface area (Å²) in [4.78, 5) is 19.5. The monoisotopic (exact) mass is 440 g/mol. The molecular weight excluding hydrogens is 414 g/mol. The number of carbonyl (C=O) groups excluding carboxylic acids is 1. The lowest BCUT2D eigenvalue weighted by Crippen LogP contribution is -2.36. The minimum atomic E-state index is -0.633. The summed E-state index contributed by atoms with van der Waals surface area (Å²) in [5, 5.41) is 2.96. The molecule has 0 spiro atoms. The Hall–Kier alpha value is -3.26. The van der Waals surface area contributed by atoms with Gasteiger partial charge in [0.05, 0.1) is 25.4 Å². The summed E-state index contributed by atoms with van der Waals surface area (Å²) in [7, 11) is 0. The van der Waals surface area contributed by atoms with Crippen LogP contribution < -0.4 is 10.2 Å². The van der Waals surface area contributed by atoms with Gasteiger partial charge in [-0.2, -0.15) is 0 Å².